The molecule has 0 bridgehead atoms. The van der Waals surface area contributed by atoms with Crippen LogP contribution in [-0.4, -0.2) is 33.0 Å². The molecule has 0 rings (SSSR count). The van der Waals surface area contributed by atoms with Crippen molar-refractivity contribution in [3.63, 3.8) is 0 Å². The van der Waals surface area contributed by atoms with E-state index in [0.717, 1.165) is 6.35 Å². The Morgan fingerprint density at radius 3 is 1.75 bits per heavy atom. The maximum Gasteiger partial charge on any atom is 0.0696 e. The summed E-state index contributed by atoms with van der Waals surface area (Å²) >= 11 is 0. The minimum Gasteiger partial charge on any atom is -0.355 e. The van der Waals surface area contributed by atoms with Crippen LogP contribution in [0.5, 0.6) is 0 Å². The molecule has 0 saturated carbocycles. The van der Waals surface area contributed by atoms with E-state index in [-0.39, 0.29) is 16.1 Å². The van der Waals surface area contributed by atoms with Crippen molar-refractivity contribution in [1.29, 1.82) is 0 Å². The standard InChI is InChI=1S/C5H14OP2/c1-7(2)5-6-8(3)4/h5H2,1-4H3. The molecule has 0 aliphatic rings. The van der Waals surface area contributed by atoms with Crippen LogP contribution in [0.1, 0.15) is 0 Å². The third-order valence-corrected chi connectivity index (χ3v) is 2.07. The van der Waals surface area contributed by atoms with Crippen LogP contribution in [0.4, 0.5) is 0 Å². The summed E-state index contributed by atoms with van der Waals surface area (Å²) in [4.78, 5) is 0. The van der Waals surface area contributed by atoms with Crippen LogP contribution in [0.2, 0.25) is 0 Å². The lowest BCUT2D eigenvalue weighted by Crippen LogP contribution is -1.82. The molecule has 3 heteroatoms. The summed E-state index contributed by atoms with van der Waals surface area (Å²) in [5, 5.41) is 0. The smallest absolute Gasteiger partial charge is 0.0696 e. The van der Waals surface area contributed by atoms with Gasteiger partial charge in [0.1, 0.15) is 0 Å². The quantitative estimate of drug-likeness (QED) is 0.564. The second kappa shape index (κ2) is 4.68. The van der Waals surface area contributed by atoms with E-state index in [1.165, 1.54) is 0 Å². The van der Waals surface area contributed by atoms with Gasteiger partial charge in [-0.3, -0.25) is 0 Å². The molecule has 1 nitrogen and oxygen atoms in total. The van der Waals surface area contributed by atoms with Crippen LogP contribution in [-0.2, 0) is 4.52 Å². The fourth-order valence-corrected chi connectivity index (χ4v) is 2.08. The Kier molecular flexibility index (Phi) is 5.15. The third-order valence-electron chi connectivity index (χ3n) is 0.574. The zero-order valence-electron chi connectivity index (χ0n) is 6.01. The van der Waals surface area contributed by atoms with E-state index < -0.39 is 0 Å². The average Bonchev–Trinajstić information content (AvgIpc) is 1.61. The molecule has 0 aromatic rings. The highest BCUT2D eigenvalue weighted by molar-refractivity contribution is 7.57. The second-order valence-electron chi connectivity index (χ2n) is 2.15. The zero-order chi connectivity index (χ0) is 6.57. The summed E-state index contributed by atoms with van der Waals surface area (Å²) in [5.41, 5.74) is 0. The molecule has 0 fully saturated rings. The Balaban J connectivity index is 2.93. The summed E-state index contributed by atoms with van der Waals surface area (Å²) in [5.74, 6) is 0. The largest absolute Gasteiger partial charge is 0.355 e. The minimum atomic E-state index is -0.117. The van der Waals surface area contributed by atoms with Crippen LogP contribution in [0.15, 0.2) is 0 Å². The molecule has 0 atom stereocenters. The summed E-state index contributed by atoms with van der Waals surface area (Å²) in [7, 11) is 0.0442. The van der Waals surface area contributed by atoms with Crippen molar-refractivity contribution >= 4 is 16.1 Å². The normalized spacial score (nSPS) is 11.2. The molecule has 0 aromatic carbocycles. The molecule has 0 unspecified atom stereocenters. The molecule has 0 radical (unpaired) electrons. The molecule has 0 spiro atoms. The van der Waals surface area contributed by atoms with E-state index in [0.29, 0.717) is 0 Å². The van der Waals surface area contributed by atoms with Gasteiger partial charge < -0.3 is 4.52 Å². The van der Waals surface area contributed by atoms with Crippen molar-refractivity contribution in [2.75, 3.05) is 33.0 Å². The molecule has 0 N–H and O–H groups in total. The minimum absolute atomic E-state index is 0.117. The summed E-state index contributed by atoms with van der Waals surface area (Å²) in [6.45, 7) is 8.73. The van der Waals surface area contributed by atoms with Gasteiger partial charge in [0.25, 0.3) is 0 Å². The Bertz CT molecular complexity index is 46.4. The van der Waals surface area contributed by atoms with Gasteiger partial charge in [-0.25, -0.2) is 0 Å². The van der Waals surface area contributed by atoms with Gasteiger partial charge in [0.05, 0.1) is 6.35 Å². The predicted octanol–water partition coefficient (Wildman–Crippen LogP) is 2.36. The highest BCUT2D eigenvalue weighted by Gasteiger charge is 1.94. The first kappa shape index (κ1) is 8.82. The average molecular weight is 152 g/mol. The zero-order valence-corrected chi connectivity index (χ0v) is 7.80. The molecule has 0 heterocycles. The molecule has 0 saturated heterocycles. The number of hydrogen-bond donors (Lipinski definition) is 0. The van der Waals surface area contributed by atoms with E-state index >= 15 is 0 Å². The van der Waals surface area contributed by atoms with E-state index in [4.69, 9.17) is 4.52 Å². The Morgan fingerprint density at radius 1 is 1.12 bits per heavy atom. The second-order valence-corrected chi connectivity index (χ2v) is 6.45. The summed E-state index contributed by atoms with van der Waals surface area (Å²) in [6, 6.07) is 0. The maximum atomic E-state index is 5.40. The van der Waals surface area contributed by atoms with Gasteiger partial charge in [-0.1, -0.05) is 7.92 Å². The lowest BCUT2D eigenvalue weighted by atomic mass is 11.7. The lowest BCUT2D eigenvalue weighted by Gasteiger charge is -2.08. The first-order chi connectivity index (χ1) is 3.63. The molecular weight excluding hydrogens is 138 g/mol. The van der Waals surface area contributed by atoms with E-state index in [9.17, 15) is 0 Å². The Labute approximate surface area is 54.4 Å². The Hall–Kier alpha value is 0.820. The van der Waals surface area contributed by atoms with Crippen LogP contribution in [0.25, 0.3) is 0 Å². The number of rotatable bonds is 3. The van der Waals surface area contributed by atoms with Gasteiger partial charge in [0, 0.05) is 8.15 Å². The monoisotopic (exact) mass is 152 g/mol. The predicted molar refractivity (Wildman–Crippen MR) is 43.5 cm³/mol. The van der Waals surface area contributed by atoms with E-state index in [2.05, 4.69) is 26.7 Å². The van der Waals surface area contributed by atoms with Crippen LogP contribution >= 0.6 is 16.1 Å². The van der Waals surface area contributed by atoms with Crippen molar-refractivity contribution in [2.24, 2.45) is 0 Å². The Morgan fingerprint density at radius 2 is 1.62 bits per heavy atom. The number of hydrogen-bond acceptors (Lipinski definition) is 1. The van der Waals surface area contributed by atoms with Crippen molar-refractivity contribution in [3.8, 4) is 0 Å². The fourth-order valence-electron chi connectivity index (χ4n) is 0.231. The SMILES string of the molecule is CP(C)COP(C)C. The van der Waals surface area contributed by atoms with E-state index in [1.54, 1.807) is 0 Å². The molecule has 0 aliphatic heterocycles. The molecule has 0 aliphatic carbocycles. The highest BCUT2D eigenvalue weighted by Crippen LogP contribution is 2.34. The summed E-state index contributed by atoms with van der Waals surface area (Å²) < 4.78 is 5.40. The van der Waals surface area contributed by atoms with Gasteiger partial charge in [-0.2, -0.15) is 0 Å². The van der Waals surface area contributed by atoms with Gasteiger partial charge in [-0.15, -0.1) is 0 Å². The molecule has 0 amide bonds. The van der Waals surface area contributed by atoms with Crippen molar-refractivity contribution in [3.05, 3.63) is 0 Å². The van der Waals surface area contributed by atoms with Crippen molar-refractivity contribution in [1.82, 2.24) is 0 Å². The van der Waals surface area contributed by atoms with Crippen molar-refractivity contribution < 1.29 is 4.52 Å². The maximum absolute atomic E-state index is 5.40. The van der Waals surface area contributed by atoms with Gasteiger partial charge in [0.2, 0.25) is 0 Å². The topological polar surface area (TPSA) is 9.23 Å². The molecule has 50 valence electrons. The van der Waals surface area contributed by atoms with Crippen molar-refractivity contribution in [2.45, 2.75) is 0 Å². The lowest BCUT2D eigenvalue weighted by molar-refractivity contribution is 0.439. The molecule has 8 heavy (non-hydrogen) atoms. The summed E-state index contributed by atoms with van der Waals surface area (Å²) in [6.07, 6.45) is 0.980. The van der Waals surface area contributed by atoms with Crippen LogP contribution < -0.4 is 0 Å². The first-order valence-corrected chi connectivity index (χ1v) is 7.15. The van der Waals surface area contributed by atoms with Gasteiger partial charge >= 0.3 is 0 Å². The van der Waals surface area contributed by atoms with Crippen LogP contribution in [0, 0.1) is 0 Å². The van der Waals surface area contributed by atoms with Gasteiger partial charge in [-0.05, 0) is 26.7 Å². The fraction of sp³-hybridized carbons (Fsp3) is 1.00. The first-order valence-electron chi connectivity index (χ1n) is 2.58. The van der Waals surface area contributed by atoms with E-state index in [1.807, 2.05) is 0 Å². The molecule has 0 aromatic heterocycles. The van der Waals surface area contributed by atoms with Gasteiger partial charge in [0.15, 0.2) is 0 Å². The van der Waals surface area contributed by atoms with Crippen LogP contribution in [0.3, 0.4) is 0 Å². The third kappa shape index (κ3) is 6.82. The molecular formula is C5H14OP2. The highest BCUT2D eigenvalue weighted by atomic mass is 31.1.